The molecule has 1 atom stereocenters. The van der Waals surface area contributed by atoms with Crippen LogP contribution in [0.15, 0.2) is 16.6 Å². The van der Waals surface area contributed by atoms with Gasteiger partial charge in [0.15, 0.2) is 5.78 Å². The van der Waals surface area contributed by atoms with E-state index in [2.05, 4.69) is 4.99 Å². The Bertz CT molecular complexity index is 381. The maximum atomic E-state index is 11.1. The van der Waals surface area contributed by atoms with E-state index in [4.69, 9.17) is 0 Å². The monoisotopic (exact) mass is 196 g/mol. The van der Waals surface area contributed by atoms with Gasteiger partial charge in [-0.05, 0) is 19.9 Å². The standard InChI is InChI=1S/C8H8N2O4/c1-4-3-6(5(2)11)7(10(13)14)8(12)9-4/h3,7H,1-2H3. The van der Waals surface area contributed by atoms with Crippen LogP contribution in [0.3, 0.4) is 0 Å². The van der Waals surface area contributed by atoms with Crippen molar-refractivity contribution in [2.24, 2.45) is 4.99 Å². The quantitative estimate of drug-likeness (QED) is 0.464. The van der Waals surface area contributed by atoms with Gasteiger partial charge in [0.25, 0.3) is 0 Å². The van der Waals surface area contributed by atoms with Gasteiger partial charge in [-0.3, -0.25) is 19.7 Å². The highest BCUT2D eigenvalue weighted by Gasteiger charge is 2.38. The van der Waals surface area contributed by atoms with Gasteiger partial charge in [0, 0.05) is 10.6 Å². The number of hydrogen-bond donors (Lipinski definition) is 0. The van der Waals surface area contributed by atoms with Crippen molar-refractivity contribution in [3.05, 3.63) is 21.8 Å². The normalized spacial score (nSPS) is 21.3. The van der Waals surface area contributed by atoms with E-state index in [1.807, 2.05) is 0 Å². The fraction of sp³-hybridized carbons (Fsp3) is 0.375. The van der Waals surface area contributed by atoms with Crippen LogP contribution < -0.4 is 0 Å². The van der Waals surface area contributed by atoms with Crippen molar-refractivity contribution in [3.8, 4) is 0 Å². The van der Waals surface area contributed by atoms with E-state index in [9.17, 15) is 19.7 Å². The molecule has 0 radical (unpaired) electrons. The van der Waals surface area contributed by atoms with Crippen LogP contribution in [0.1, 0.15) is 13.8 Å². The highest BCUT2D eigenvalue weighted by atomic mass is 16.6. The summed E-state index contributed by atoms with van der Waals surface area (Å²) in [6.45, 7) is 2.70. The van der Waals surface area contributed by atoms with Crippen molar-refractivity contribution < 1.29 is 14.5 Å². The van der Waals surface area contributed by atoms with Crippen LogP contribution in [0.5, 0.6) is 0 Å². The lowest BCUT2D eigenvalue weighted by atomic mass is 9.99. The van der Waals surface area contributed by atoms with E-state index in [1.165, 1.54) is 19.9 Å². The molecular formula is C8H8N2O4. The molecule has 1 rings (SSSR count). The molecule has 0 spiro atoms. The molecule has 0 saturated heterocycles. The van der Waals surface area contributed by atoms with Crippen molar-refractivity contribution >= 4 is 17.4 Å². The second-order valence-electron chi connectivity index (χ2n) is 2.94. The fourth-order valence-electron chi connectivity index (χ4n) is 1.20. The van der Waals surface area contributed by atoms with Gasteiger partial charge in [-0.25, -0.2) is 4.99 Å². The molecule has 0 aromatic rings. The van der Waals surface area contributed by atoms with Crippen LogP contribution in [0.4, 0.5) is 0 Å². The van der Waals surface area contributed by atoms with Crippen molar-refractivity contribution in [1.29, 1.82) is 0 Å². The Labute approximate surface area is 79.5 Å². The first kappa shape index (κ1) is 10.2. The average molecular weight is 196 g/mol. The Balaban J connectivity index is 3.19. The lowest BCUT2D eigenvalue weighted by molar-refractivity contribution is -0.496. The number of nitro groups is 1. The summed E-state index contributed by atoms with van der Waals surface area (Å²) >= 11 is 0. The second kappa shape index (κ2) is 3.49. The lowest BCUT2D eigenvalue weighted by Crippen LogP contribution is -2.36. The first-order valence-corrected chi connectivity index (χ1v) is 3.88. The van der Waals surface area contributed by atoms with E-state index >= 15 is 0 Å². The summed E-state index contributed by atoms with van der Waals surface area (Å²) in [6.07, 6.45) is 1.27. The van der Waals surface area contributed by atoms with Gasteiger partial charge in [-0.15, -0.1) is 0 Å². The summed E-state index contributed by atoms with van der Waals surface area (Å²) in [4.78, 5) is 35.3. The smallest absolute Gasteiger partial charge is 0.295 e. The summed E-state index contributed by atoms with van der Waals surface area (Å²) < 4.78 is 0. The first-order chi connectivity index (χ1) is 6.43. The van der Waals surface area contributed by atoms with E-state index in [-0.39, 0.29) is 5.57 Å². The summed E-state index contributed by atoms with van der Waals surface area (Å²) in [5.41, 5.74) is 0.214. The number of hydrogen-bond acceptors (Lipinski definition) is 4. The van der Waals surface area contributed by atoms with Crippen molar-refractivity contribution in [1.82, 2.24) is 0 Å². The van der Waals surface area contributed by atoms with Gasteiger partial charge >= 0.3 is 11.9 Å². The molecule has 1 aliphatic rings. The highest BCUT2D eigenvalue weighted by Crippen LogP contribution is 2.14. The van der Waals surface area contributed by atoms with Crippen molar-refractivity contribution in [3.63, 3.8) is 0 Å². The Morgan fingerprint density at radius 2 is 2.21 bits per heavy atom. The molecule has 0 aromatic heterocycles. The summed E-state index contributed by atoms with van der Waals surface area (Å²) in [6, 6.07) is -1.63. The Kier molecular flexibility index (Phi) is 2.55. The average Bonchev–Trinajstić information content (AvgIpc) is 2.01. The van der Waals surface area contributed by atoms with Gasteiger partial charge in [0.05, 0.1) is 5.57 Å². The summed E-state index contributed by atoms with van der Waals surface area (Å²) in [5, 5.41) is 10.5. The van der Waals surface area contributed by atoms with Gasteiger partial charge in [-0.2, -0.15) is 0 Å². The van der Waals surface area contributed by atoms with E-state index in [0.29, 0.717) is 5.71 Å². The summed E-state index contributed by atoms with van der Waals surface area (Å²) in [5.74, 6) is -1.37. The number of allylic oxidation sites excluding steroid dienone is 1. The maximum Gasteiger partial charge on any atom is 0.325 e. The summed E-state index contributed by atoms with van der Waals surface area (Å²) in [7, 11) is 0. The number of ketones is 1. The largest absolute Gasteiger partial charge is 0.325 e. The van der Waals surface area contributed by atoms with Crippen molar-refractivity contribution in [2.45, 2.75) is 19.9 Å². The zero-order chi connectivity index (χ0) is 10.9. The van der Waals surface area contributed by atoms with Gasteiger partial charge in [-0.1, -0.05) is 0 Å². The number of carbonyl (C=O) groups excluding carboxylic acids is 2. The van der Waals surface area contributed by atoms with Crippen LogP contribution in [0, 0.1) is 10.1 Å². The van der Waals surface area contributed by atoms with E-state index in [0.717, 1.165) is 0 Å². The zero-order valence-electron chi connectivity index (χ0n) is 7.68. The molecule has 0 aliphatic carbocycles. The van der Waals surface area contributed by atoms with Crippen LogP contribution in [0.2, 0.25) is 0 Å². The third kappa shape index (κ3) is 1.73. The Morgan fingerprint density at radius 1 is 1.64 bits per heavy atom. The predicted octanol–water partition coefficient (Wildman–Crippen LogP) is 0.148. The third-order valence-electron chi connectivity index (χ3n) is 1.80. The van der Waals surface area contributed by atoms with Gasteiger partial charge < -0.3 is 0 Å². The molecule has 1 aliphatic heterocycles. The molecule has 1 amide bonds. The van der Waals surface area contributed by atoms with Gasteiger partial charge in [0.2, 0.25) is 0 Å². The molecule has 0 fully saturated rings. The maximum absolute atomic E-state index is 11.1. The molecule has 1 unspecified atom stereocenters. The third-order valence-corrected chi connectivity index (χ3v) is 1.80. The SMILES string of the molecule is CC(=O)C1=CC(C)=NC(=O)C1[N+](=O)[O-]. The molecule has 14 heavy (non-hydrogen) atoms. The first-order valence-electron chi connectivity index (χ1n) is 3.88. The molecule has 0 saturated carbocycles. The van der Waals surface area contributed by atoms with E-state index < -0.39 is 22.7 Å². The minimum Gasteiger partial charge on any atom is -0.295 e. The number of amides is 1. The van der Waals surface area contributed by atoms with Crippen LogP contribution in [-0.2, 0) is 9.59 Å². The molecular weight excluding hydrogens is 188 g/mol. The number of Topliss-reactive ketones (excluding diaryl/α,β-unsaturated/α-hetero) is 1. The molecule has 0 N–H and O–H groups in total. The number of aliphatic imine (C=N–C) groups is 1. The van der Waals surface area contributed by atoms with Crippen LogP contribution in [0.25, 0.3) is 0 Å². The molecule has 0 aromatic carbocycles. The minimum atomic E-state index is -1.63. The number of nitrogens with zero attached hydrogens (tertiary/aromatic N) is 2. The topological polar surface area (TPSA) is 89.6 Å². The Morgan fingerprint density at radius 3 is 2.64 bits per heavy atom. The number of dihydropyridines is 1. The molecule has 6 heteroatoms. The number of carbonyl (C=O) groups is 2. The van der Waals surface area contributed by atoms with Crippen molar-refractivity contribution in [2.75, 3.05) is 0 Å². The van der Waals surface area contributed by atoms with Gasteiger partial charge in [0.1, 0.15) is 0 Å². The predicted molar refractivity (Wildman–Crippen MR) is 47.7 cm³/mol. The molecule has 0 bridgehead atoms. The lowest BCUT2D eigenvalue weighted by Gasteiger charge is -2.11. The second-order valence-corrected chi connectivity index (χ2v) is 2.94. The molecule has 1 heterocycles. The number of rotatable bonds is 2. The minimum absolute atomic E-state index is 0.104. The van der Waals surface area contributed by atoms with Crippen LogP contribution >= 0.6 is 0 Å². The Hall–Kier alpha value is -1.85. The van der Waals surface area contributed by atoms with E-state index in [1.54, 1.807) is 0 Å². The molecule has 74 valence electrons. The fourth-order valence-corrected chi connectivity index (χ4v) is 1.20. The highest BCUT2D eigenvalue weighted by molar-refractivity contribution is 6.14. The zero-order valence-corrected chi connectivity index (χ0v) is 7.68. The molecule has 6 nitrogen and oxygen atoms in total. The van der Waals surface area contributed by atoms with Crippen LogP contribution in [-0.4, -0.2) is 28.4 Å².